The van der Waals surface area contributed by atoms with Crippen LogP contribution in [0.5, 0.6) is 0 Å². The summed E-state index contributed by atoms with van der Waals surface area (Å²) in [6.07, 6.45) is 1.55. The summed E-state index contributed by atoms with van der Waals surface area (Å²) in [4.78, 5) is 0. The number of rotatable bonds is 9. The molecule has 0 aliphatic carbocycles. The Labute approximate surface area is 88.5 Å². The predicted molar refractivity (Wildman–Crippen MR) is 59.2 cm³/mol. The van der Waals surface area contributed by atoms with Crippen LogP contribution in [-0.2, 0) is 13.9 Å². The zero-order chi connectivity index (χ0) is 10.2. The van der Waals surface area contributed by atoms with E-state index in [2.05, 4.69) is 13.8 Å². The van der Waals surface area contributed by atoms with Gasteiger partial charge in [-0.15, -0.1) is 0 Å². The summed E-state index contributed by atoms with van der Waals surface area (Å²) >= 11 is 0. The third-order valence-electron chi connectivity index (χ3n) is 2.38. The van der Waals surface area contributed by atoms with Crippen molar-refractivity contribution in [1.82, 2.24) is 0 Å². The first-order valence-corrected chi connectivity index (χ1v) is 7.78. The molecule has 1 aliphatic heterocycles. The Morgan fingerprint density at radius 2 is 2.21 bits per heavy atom. The zero-order valence-electron chi connectivity index (χ0n) is 9.33. The number of epoxide rings is 1. The third-order valence-corrected chi connectivity index (χ3v) is 5.15. The third kappa shape index (κ3) is 5.75. The topological polar surface area (TPSA) is 31.0 Å². The van der Waals surface area contributed by atoms with Crippen LogP contribution < -0.4 is 0 Å². The van der Waals surface area contributed by atoms with E-state index < -0.39 is 9.04 Å². The molecule has 14 heavy (non-hydrogen) atoms. The highest BCUT2D eigenvalue weighted by atomic mass is 28.3. The molecule has 1 aliphatic rings. The van der Waals surface area contributed by atoms with E-state index in [0.29, 0.717) is 6.10 Å². The van der Waals surface area contributed by atoms with Gasteiger partial charge in [-0.1, -0.05) is 6.92 Å². The number of hydrogen-bond donors (Lipinski definition) is 0. The van der Waals surface area contributed by atoms with Crippen LogP contribution in [0.1, 0.15) is 20.3 Å². The lowest BCUT2D eigenvalue weighted by Gasteiger charge is -2.12. The zero-order valence-corrected chi connectivity index (χ0v) is 10.5. The predicted octanol–water partition coefficient (Wildman–Crippen LogP) is 1.57. The molecule has 0 bridgehead atoms. The Bertz CT molecular complexity index is 139. The molecule has 0 aromatic rings. The van der Waals surface area contributed by atoms with E-state index in [9.17, 15) is 0 Å². The highest BCUT2D eigenvalue weighted by Gasteiger charge is 2.22. The smallest absolute Gasteiger partial charge is 0.176 e. The van der Waals surface area contributed by atoms with E-state index >= 15 is 0 Å². The second kappa shape index (κ2) is 7.40. The van der Waals surface area contributed by atoms with E-state index in [0.717, 1.165) is 32.8 Å². The first kappa shape index (κ1) is 12.2. The van der Waals surface area contributed by atoms with Gasteiger partial charge in [-0.2, -0.15) is 0 Å². The summed E-state index contributed by atoms with van der Waals surface area (Å²) in [7, 11) is -0.876. The normalized spacial score (nSPS) is 22.3. The van der Waals surface area contributed by atoms with E-state index in [4.69, 9.17) is 13.9 Å². The molecule has 1 rings (SSSR count). The van der Waals surface area contributed by atoms with Crippen molar-refractivity contribution in [2.24, 2.45) is 0 Å². The molecule has 0 aromatic carbocycles. The summed E-state index contributed by atoms with van der Waals surface area (Å²) < 4.78 is 16.2. The molecule has 0 amide bonds. The number of ether oxygens (including phenoxy) is 2. The lowest BCUT2D eigenvalue weighted by atomic mass is 10.5. The van der Waals surface area contributed by atoms with Gasteiger partial charge in [0.15, 0.2) is 9.04 Å². The van der Waals surface area contributed by atoms with Crippen LogP contribution in [0, 0.1) is 0 Å². The van der Waals surface area contributed by atoms with Gasteiger partial charge in [0.05, 0.1) is 13.2 Å². The summed E-state index contributed by atoms with van der Waals surface area (Å²) in [5.41, 5.74) is 0. The standard InChI is InChI=1S/C10H22O3Si/c1-3-13-14(4-2)7-5-6-11-8-10-9-12-10/h10,14H,3-9H2,1-2H3. The van der Waals surface area contributed by atoms with Gasteiger partial charge in [-0.3, -0.25) is 0 Å². The van der Waals surface area contributed by atoms with Crippen LogP contribution in [0.3, 0.4) is 0 Å². The van der Waals surface area contributed by atoms with Gasteiger partial charge in [0.25, 0.3) is 0 Å². The highest BCUT2D eigenvalue weighted by molar-refractivity contribution is 6.51. The summed E-state index contributed by atoms with van der Waals surface area (Å²) in [6, 6.07) is 2.48. The van der Waals surface area contributed by atoms with Crippen LogP contribution in [0.4, 0.5) is 0 Å². The fraction of sp³-hybridized carbons (Fsp3) is 1.00. The Morgan fingerprint density at radius 3 is 2.79 bits per heavy atom. The highest BCUT2D eigenvalue weighted by Crippen LogP contribution is 2.09. The van der Waals surface area contributed by atoms with Gasteiger partial charge in [0.2, 0.25) is 0 Å². The second-order valence-corrected chi connectivity index (χ2v) is 6.63. The molecule has 2 unspecified atom stereocenters. The lowest BCUT2D eigenvalue weighted by Crippen LogP contribution is -2.17. The van der Waals surface area contributed by atoms with Crippen molar-refractivity contribution in [1.29, 1.82) is 0 Å². The molecule has 0 saturated carbocycles. The average molecular weight is 218 g/mol. The summed E-state index contributed by atoms with van der Waals surface area (Å²) in [6.45, 7) is 7.73. The quantitative estimate of drug-likeness (QED) is 0.334. The van der Waals surface area contributed by atoms with E-state index in [-0.39, 0.29) is 0 Å². The Hall–Kier alpha value is 0.0969. The molecule has 0 radical (unpaired) electrons. The maximum absolute atomic E-state index is 5.69. The Balaban J connectivity index is 1.84. The fourth-order valence-corrected chi connectivity index (χ4v) is 3.34. The van der Waals surface area contributed by atoms with E-state index in [1.54, 1.807) is 0 Å². The molecule has 84 valence electrons. The largest absolute Gasteiger partial charge is 0.420 e. The molecule has 0 spiro atoms. The Kier molecular flexibility index (Phi) is 6.43. The minimum Gasteiger partial charge on any atom is -0.420 e. The molecule has 2 atom stereocenters. The maximum Gasteiger partial charge on any atom is 0.176 e. The molecule has 0 aromatic heterocycles. The summed E-state index contributed by atoms with van der Waals surface area (Å²) in [5.74, 6) is 0. The molecule has 1 heterocycles. The molecule has 1 fully saturated rings. The Morgan fingerprint density at radius 1 is 1.43 bits per heavy atom. The second-order valence-electron chi connectivity index (χ2n) is 3.66. The molecular formula is C10H22O3Si. The van der Waals surface area contributed by atoms with Gasteiger partial charge in [0, 0.05) is 13.2 Å². The monoisotopic (exact) mass is 218 g/mol. The van der Waals surface area contributed by atoms with Gasteiger partial charge in [-0.05, 0) is 25.4 Å². The van der Waals surface area contributed by atoms with Gasteiger partial charge >= 0.3 is 0 Å². The molecule has 3 nitrogen and oxygen atoms in total. The van der Waals surface area contributed by atoms with Crippen molar-refractivity contribution in [3.8, 4) is 0 Å². The summed E-state index contributed by atoms with van der Waals surface area (Å²) in [5, 5.41) is 0. The fourth-order valence-electron chi connectivity index (χ4n) is 1.43. The molecule has 0 N–H and O–H groups in total. The van der Waals surface area contributed by atoms with Crippen molar-refractivity contribution in [3.63, 3.8) is 0 Å². The van der Waals surface area contributed by atoms with Gasteiger partial charge < -0.3 is 13.9 Å². The molecule has 1 saturated heterocycles. The van der Waals surface area contributed by atoms with Crippen molar-refractivity contribution >= 4 is 9.04 Å². The van der Waals surface area contributed by atoms with E-state index in [1.807, 2.05) is 0 Å². The average Bonchev–Trinajstić information content (AvgIpc) is 2.99. The molecule has 4 heteroatoms. The van der Waals surface area contributed by atoms with Crippen LogP contribution >= 0.6 is 0 Å². The first-order chi connectivity index (χ1) is 6.86. The maximum atomic E-state index is 5.69. The van der Waals surface area contributed by atoms with Crippen molar-refractivity contribution < 1.29 is 13.9 Å². The van der Waals surface area contributed by atoms with Crippen LogP contribution in [-0.4, -0.2) is 41.6 Å². The lowest BCUT2D eigenvalue weighted by molar-refractivity contribution is 0.116. The van der Waals surface area contributed by atoms with Crippen molar-refractivity contribution in [2.45, 2.75) is 38.5 Å². The molecular weight excluding hydrogens is 196 g/mol. The number of hydrogen-bond acceptors (Lipinski definition) is 3. The van der Waals surface area contributed by atoms with Crippen LogP contribution in [0.25, 0.3) is 0 Å². The van der Waals surface area contributed by atoms with Crippen LogP contribution in [0.15, 0.2) is 0 Å². The minimum atomic E-state index is -0.876. The van der Waals surface area contributed by atoms with Crippen molar-refractivity contribution in [2.75, 3.05) is 26.4 Å². The van der Waals surface area contributed by atoms with E-state index in [1.165, 1.54) is 12.1 Å². The first-order valence-electron chi connectivity index (χ1n) is 5.67. The van der Waals surface area contributed by atoms with Crippen LogP contribution in [0.2, 0.25) is 12.1 Å². The van der Waals surface area contributed by atoms with Gasteiger partial charge in [-0.25, -0.2) is 0 Å². The van der Waals surface area contributed by atoms with Crippen molar-refractivity contribution in [3.05, 3.63) is 0 Å². The SMILES string of the molecule is CCO[SiH](CC)CCCOCC1CO1. The van der Waals surface area contributed by atoms with Gasteiger partial charge in [0.1, 0.15) is 6.10 Å². The minimum absolute atomic E-state index is 0.404.